The summed E-state index contributed by atoms with van der Waals surface area (Å²) in [5.74, 6) is 0.849. The maximum absolute atomic E-state index is 13.8. The van der Waals surface area contributed by atoms with Crippen LogP contribution < -0.4 is 29.0 Å². The number of amides is 1. The molecule has 2 N–H and O–H groups in total. The van der Waals surface area contributed by atoms with Crippen molar-refractivity contribution in [1.29, 1.82) is 0 Å². The van der Waals surface area contributed by atoms with Gasteiger partial charge in [0.25, 0.3) is 0 Å². The predicted molar refractivity (Wildman–Crippen MR) is 211 cm³/mol. The molecule has 58 heavy (non-hydrogen) atoms. The Bertz CT molecular complexity index is 2430. The van der Waals surface area contributed by atoms with E-state index in [9.17, 15) is 14.4 Å². The van der Waals surface area contributed by atoms with Crippen molar-refractivity contribution in [1.82, 2.24) is 9.88 Å². The molecule has 3 atom stereocenters. The number of benzene rings is 5. The minimum Gasteiger partial charge on any atom is -0.493 e. The van der Waals surface area contributed by atoms with Gasteiger partial charge in [-0.1, -0.05) is 78.9 Å². The Morgan fingerprint density at radius 2 is 1.33 bits per heavy atom. The van der Waals surface area contributed by atoms with Crippen LogP contribution in [0.25, 0.3) is 10.9 Å². The fourth-order valence-corrected chi connectivity index (χ4v) is 7.41. The molecule has 14 heteroatoms. The molecular weight excluding hydrogens is 746 g/mol. The maximum Gasteiger partial charge on any atom is 0.514 e. The molecule has 1 amide bonds. The molecule has 6 aromatic rings. The number of fused-ring (bicyclic) bond motifs is 4. The number of nitrogens with zero attached hydrogens (tertiary/aromatic N) is 1. The number of carbonyl (C=O) groups excluding carboxylic acids is 3. The fourth-order valence-electron chi connectivity index (χ4n) is 7.41. The van der Waals surface area contributed by atoms with Crippen LogP contribution in [-0.2, 0) is 27.4 Å². The van der Waals surface area contributed by atoms with Crippen molar-refractivity contribution >= 4 is 35.0 Å². The van der Waals surface area contributed by atoms with Crippen LogP contribution in [0.5, 0.6) is 28.7 Å². The summed E-state index contributed by atoms with van der Waals surface area (Å²) in [6, 6.07) is 33.2. The number of H-pyrrole nitrogens is 1. The Labute approximate surface area is 333 Å². The third-order valence-corrected chi connectivity index (χ3v) is 10.0. The van der Waals surface area contributed by atoms with Gasteiger partial charge in [-0.15, -0.1) is 0 Å². The Morgan fingerprint density at radius 3 is 1.97 bits per heavy atom. The number of rotatable bonds is 12. The topological polar surface area (TPSA) is 156 Å². The van der Waals surface area contributed by atoms with Crippen molar-refractivity contribution in [3.05, 3.63) is 143 Å². The van der Waals surface area contributed by atoms with Crippen molar-refractivity contribution in [3.8, 4) is 28.7 Å². The zero-order valence-electron chi connectivity index (χ0n) is 31.8. The first-order valence-electron chi connectivity index (χ1n) is 18.4. The number of hydrogen-bond acceptors (Lipinski definition) is 12. The standard InChI is InChI=1S/C44H39N3O11/c1-51-34-22-29(18-19-33(34)57-43(49)55-23-26-12-6-4-7-13-26)45-38-32-25-54-42(48)47(32)40(39-37(38)30-16-10-11-17-31(30)46-39)28-20-35(52-2)41(36(21-28)53-3)58-44(50)56-24-27-14-8-5-9-15-27/h4-22,32,38,40,45-46H,23-25H2,1-3H3/t32-,38+,40-/m1/s1. The van der Waals surface area contributed by atoms with E-state index < -0.39 is 36.5 Å². The van der Waals surface area contributed by atoms with Crippen LogP contribution in [-0.4, -0.2) is 62.3 Å². The van der Waals surface area contributed by atoms with Gasteiger partial charge in [0.15, 0.2) is 23.0 Å². The highest BCUT2D eigenvalue weighted by Gasteiger charge is 2.51. The first-order valence-corrected chi connectivity index (χ1v) is 18.4. The third kappa shape index (κ3) is 7.46. The van der Waals surface area contributed by atoms with Crippen LogP contribution in [0, 0.1) is 0 Å². The van der Waals surface area contributed by atoms with Crippen LogP contribution >= 0.6 is 0 Å². The number of carbonyl (C=O) groups is 3. The van der Waals surface area contributed by atoms with Gasteiger partial charge in [-0.3, -0.25) is 4.90 Å². The van der Waals surface area contributed by atoms with Crippen LogP contribution in [0.15, 0.2) is 115 Å². The molecule has 1 aromatic heterocycles. The molecule has 1 fully saturated rings. The van der Waals surface area contributed by atoms with Crippen molar-refractivity contribution in [2.45, 2.75) is 31.3 Å². The highest BCUT2D eigenvalue weighted by atomic mass is 16.7. The van der Waals surface area contributed by atoms with Gasteiger partial charge in [-0.2, -0.15) is 0 Å². The van der Waals surface area contributed by atoms with Gasteiger partial charge in [0.05, 0.1) is 33.4 Å². The molecule has 5 aromatic carbocycles. The Balaban J connectivity index is 1.11. The SMILES string of the molecule is COc1cc(N[C@@H]2c3c([nH]c4ccccc34)[C@@H](c3cc(OC)c(OC(=O)OCc4ccccc4)c(OC)c3)N3C(=O)OC[C@H]23)ccc1OC(=O)OCc1ccccc1. The summed E-state index contributed by atoms with van der Waals surface area (Å²) in [7, 11) is 4.37. The second-order valence-electron chi connectivity index (χ2n) is 13.4. The molecule has 8 rings (SSSR count). The second-order valence-corrected chi connectivity index (χ2v) is 13.4. The highest BCUT2D eigenvalue weighted by Crippen LogP contribution is 2.51. The van der Waals surface area contributed by atoms with E-state index in [4.69, 9.17) is 37.9 Å². The van der Waals surface area contributed by atoms with Gasteiger partial charge in [-0.05, 0) is 47.0 Å². The van der Waals surface area contributed by atoms with E-state index in [1.807, 2.05) is 84.9 Å². The number of methoxy groups -OCH3 is 3. The monoisotopic (exact) mass is 785 g/mol. The molecule has 0 saturated carbocycles. The summed E-state index contributed by atoms with van der Waals surface area (Å²) in [5.41, 5.74) is 5.34. The van der Waals surface area contributed by atoms with Gasteiger partial charge >= 0.3 is 18.4 Å². The second kappa shape index (κ2) is 16.4. The highest BCUT2D eigenvalue weighted by molar-refractivity contribution is 5.88. The van der Waals surface area contributed by atoms with Crippen LogP contribution in [0.1, 0.15) is 40.0 Å². The zero-order valence-corrected chi connectivity index (χ0v) is 31.8. The van der Waals surface area contributed by atoms with E-state index in [1.165, 1.54) is 21.3 Å². The number of cyclic esters (lactones) is 1. The minimum absolute atomic E-state index is 0.00974. The smallest absolute Gasteiger partial charge is 0.493 e. The summed E-state index contributed by atoms with van der Waals surface area (Å²) < 4.78 is 44.6. The van der Waals surface area contributed by atoms with E-state index in [0.717, 1.165) is 33.3 Å². The van der Waals surface area contributed by atoms with E-state index in [1.54, 1.807) is 35.2 Å². The normalized spacial score (nSPS) is 16.7. The van der Waals surface area contributed by atoms with Crippen molar-refractivity contribution in [3.63, 3.8) is 0 Å². The summed E-state index contributed by atoms with van der Waals surface area (Å²) in [4.78, 5) is 44.5. The lowest BCUT2D eigenvalue weighted by Gasteiger charge is -2.41. The number of ether oxygens (including phenoxy) is 8. The lowest BCUT2D eigenvalue weighted by molar-refractivity contribution is 0.0900. The third-order valence-electron chi connectivity index (χ3n) is 10.0. The average Bonchev–Trinajstić information content (AvgIpc) is 3.84. The number of para-hydroxylation sites is 1. The molecule has 0 bridgehead atoms. The molecule has 296 valence electrons. The molecule has 0 unspecified atom stereocenters. The molecule has 3 heterocycles. The quantitative estimate of drug-likeness (QED) is 0.0692. The molecule has 0 aliphatic carbocycles. The number of aromatic amines is 1. The number of hydrogen-bond donors (Lipinski definition) is 2. The predicted octanol–water partition coefficient (Wildman–Crippen LogP) is 8.70. The largest absolute Gasteiger partial charge is 0.514 e. The molecule has 1 saturated heterocycles. The first kappa shape index (κ1) is 37.6. The zero-order chi connectivity index (χ0) is 40.2. The van der Waals surface area contributed by atoms with Crippen LogP contribution in [0.2, 0.25) is 0 Å². The molecule has 14 nitrogen and oxygen atoms in total. The molecule has 0 spiro atoms. The Hall–Kier alpha value is -7.35. The lowest BCUT2D eigenvalue weighted by Crippen LogP contribution is -2.47. The fraction of sp³-hybridized carbons (Fsp3) is 0.205. The van der Waals surface area contributed by atoms with E-state index in [2.05, 4.69) is 10.3 Å². The van der Waals surface area contributed by atoms with Crippen LogP contribution in [0.4, 0.5) is 20.1 Å². The van der Waals surface area contributed by atoms with E-state index in [-0.39, 0.29) is 48.6 Å². The van der Waals surface area contributed by atoms with Gasteiger partial charge < -0.3 is 48.2 Å². The van der Waals surface area contributed by atoms with Crippen molar-refractivity contribution < 1.29 is 52.3 Å². The van der Waals surface area contributed by atoms with E-state index in [0.29, 0.717) is 11.3 Å². The molecule has 2 aliphatic heterocycles. The number of anilines is 1. The summed E-state index contributed by atoms with van der Waals surface area (Å²) in [6.45, 7) is 0.146. The van der Waals surface area contributed by atoms with Crippen molar-refractivity contribution in [2.75, 3.05) is 33.3 Å². The summed E-state index contributed by atoms with van der Waals surface area (Å²) in [6.07, 6.45) is -2.35. The molecular formula is C44H39N3O11. The number of nitrogens with one attached hydrogen (secondary N) is 2. The minimum atomic E-state index is -0.944. The average molecular weight is 786 g/mol. The van der Waals surface area contributed by atoms with Gasteiger partial charge in [0.1, 0.15) is 25.9 Å². The first-order chi connectivity index (χ1) is 28.3. The Kier molecular flexibility index (Phi) is 10.6. The number of aromatic nitrogens is 1. The van der Waals surface area contributed by atoms with Gasteiger partial charge in [0, 0.05) is 33.9 Å². The lowest BCUT2D eigenvalue weighted by atomic mass is 9.85. The van der Waals surface area contributed by atoms with Gasteiger partial charge in [-0.25, -0.2) is 14.4 Å². The van der Waals surface area contributed by atoms with Crippen LogP contribution in [0.3, 0.4) is 0 Å². The summed E-state index contributed by atoms with van der Waals surface area (Å²) >= 11 is 0. The summed E-state index contributed by atoms with van der Waals surface area (Å²) in [5, 5.41) is 4.55. The van der Waals surface area contributed by atoms with Gasteiger partial charge in [0.2, 0.25) is 5.75 Å². The van der Waals surface area contributed by atoms with Crippen molar-refractivity contribution in [2.24, 2.45) is 0 Å². The maximum atomic E-state index is 13.8. The molecule has 0 radical (unpaired) electrons. The van der Waals surface area contributed by atoms with E-state index >= 15 is 0 Å². The Morgan fingerprint density at radius 1 is 0.724 bits per heavy atom. The molecule has 2 aliphatic rings.